The molecule has 1 aliphatic carbocycles. The first-order chi connectivity index (χ1) is 8.87. The average Bonchev–Trinajstić information content (AvgIpc) is 2.52. The monoisotopic (exact) mass is 270 g/mol. The lowest BCUT2D eigenvalue weighted by Gasteiger charge is -2.39. The number of likely N-dealkylation sites (N-methyl/N-ethyl adjacent to an activating group) is 1. The van der Waals surface area contributed by atoms with Gasteiger partial charge in [-0.2, -0.15) is 0 Å². The van der Waals surface area contributed by atoms with Crippen molar-refractivity contribution in [1.82, 2.24) is 10.2 Å². The number of aliphatic hydroxyl groups excluding tert-OH is 1. The van der Waals surface area contributed by atoms with E-state index in [9.17, 15) is 0 Å². The maximum absolute atomic E-state index is 9.11. The highest BCUT2D eigenvalue weighted by Crippen LogP contribution is 2.35. The quantitative estimate of drug-likeness (QED) is 0.728. The van der Waals surface area contributed by atoms with E-state index in [1.54, 1.807) is 0 Å². The third kappa shape index (κ3) is 6.73. The van der Waals surface area contributed by atoms with Gasteiger partial charge in [-0.25, -0.2) is 0 Å². The number of nitrogens with zero attached hydrogens (tertiary/aromatic N) is 1. The lowest BCUT2D eigenvalue weighted by Crippen LogP contribution is -2.48. The minimum absolute atomic E-state index is 0.189. The van der Waals surface area contributed by atoms with E-state index in [2.05, 4.69) is 38.0 Å². The summed E-state index contributed by atoms with van der Waals surface area (Å²) in [6.45, 7) is 10.00. The summed E-state index contributed by atoms with van der Waals surface area (Å²) < 4.78 is 0. The molecule has 0 heterocycles. The third-order valence-electron chi connectivity index (χ3n) is 4.24. The highest BCUT2D eigenvalue weighted by atomic mass is 16.3. The Morgan fingerprint density at radius 2 is 1.68 bits per heavy atom. The number of rotatable bonds is 6. The van der Waals surface area contributed by atoms with Gasteiger partial charge in [0.15, 0.2) is 0 Å². The molecular formula is C16H34N2O. The van der Waals surface area contributed by atoms with Crippen molar-refractivity contribution in [2.45, 2.75) is 64.8 Å². The molecule has 0 amide bonds. The topological polar surface area (TPSA) is 35.5 Å². The summed E-state index contributed by atoms with van der Waals surface area (Å²) >= 11 is 0. The molecule has 1 fully saturated rings. The maximum Gasteiger partial charge on any atom is 0.0558 e. The van der Waals surface area contributed by atoms with Crippen molar-refractivity contribution in [2.24, 2.45) is 5.41 Å². The van der Waals surface area contributed by atoms with Crippen LogP contribution in [0.25, 0.3) is 0 Å². The Kier molecular flexibility index (Phi) is 6.78. The maximum atomic E-state index is 9.11. The molecule has 1 rings (SSSR count). The van der Waals surface area contributed by atoms with Crippen molar-refractivity contribution < 1.29 is 5.11 Å². The van der Waals surface area contributed by atoms with E-state index >= 15 is 0 Å². The summed E-state index contributed by atoms with van der Waals surface area (Å²) in [7, 11) is 2.14. The molecule has 0 aromatic rings. The Morgan fingerprint density at radius 1 is 1.11 bits per heavy atom. The molecular weight excluding hydrogens is 236 g/mol. The summed E-state index contributed by atoms with van der Waals surface area (Å²) in [6.07, 6.45) is 8.15. The molecule has 0 aromatic carbocycles. The number of nitrogens with one attached hydrogen (secondary N) is 1. The predicted octanol–water partition coefficient (Wildman–Crippen LogP) is 2.64. The molecule has 0 aliphatic heterocycles. The first-order valence-corrected chi connectivity index (χ1v) is 7.91. The highest BCUT2D eigenvalue weighted by molar-refractivity contribution is 4.88. The van der Waals surface area contributed by atoms with Gasteiger partial charge in [-0.05, 0) is 46.1 Å². The van der Waals surface area contributed by atoms with Gasteiger partial charge in [-0.1, -0.05) is 25.7 Å². The number of hydrogen-bond donors (Lipinski definition) is 2. The van der Waals surface area contributed by atoms with Crippen molar-refractivity contribution in [3.63, 3.8) is 0 Å². The van der Waals surface area contributed by atoms with Gasteiger partial charge in [0.1, 0.15) is 0 Å². The Bertz CT molecular complexity index is 240. The molecule has 0 saturated heterocycles. The van der Waals surface area contributed by atoms with Crippen LogP contribution in [0.5, 0.6) is 0 Å². The molecule has 3 heteroatoms. The van der Waals surface area contributed by atoms with Crippen LogP contribution in [-0.4, -0.2) is 48.8 Å². The minimum atomic E-state index is 0.189. The summed E-state index contributed by atoms with van der Waals surface area (Å²) in [6, 6.07) is 0. The molecule has 19 heavy (non-hydrogen) atoms. The van der Waals surface area contributed by atoms with Crippen LogP contribution in [0.4, 0.5) is 0 Å². The molecule has 0 radical (unpaired) electrons. The van der Waals surface area contributed by atoms with Gasteiger partial charge in [0, 0.05) is 25.2 Å². The zero-order valence-corrected chi connectivity index (χ0v) is 13.5. The van der Waals surface area contributed by atoms with Gasteiger partial charge in [0.05, 0.1) is 6.61 Å². The Morgan fingerprint density at radius 3 is 2.16 bits per heavy atom. The van der Waals surface area contributed by atoms with Crippen LogP contribution in [-0.2, 0) is 0 Å². The van der Waals surface area contributed by atoms with Crippen LogP contribution in [0.1, 0.15) is 59.3 Å². The van der Waals surface area contributed by atoms with Gasteiger partial charge < -0.3 is 15.3 Å². The van der Waals surface area contributed by atoms with Gasteiger partial charge >= 0.3 is 0 Å². The van der Waals surface area contributed by atoms with Crippen LogP contribution in [0.15, 0.2) is 0 Å². The van der Waals surface area contributed by atoms with Gasteiger partial charge in [-0.15, -0.1) is 0 Å². The fourth-order valence-electron chi connectivity index (χ4n) is 3.14. The second kappa shape index (κ2) is 7.61. The van der Waals surface area contributed by atoms with Crippen LogP contribution in [0, 0.1) is 5.41 Å². The number of hydrogen-bond acceptors (Lipinski definition) is 3. The van der Waals surface area contributed by atoms with E-state index in [-0.39, 0.29) is 12.1 Å². The summed E-state index contributed by atoms with van der Waals surface area (Å²) in [5.41, 5.74) is 0.586. The van der Waals surface area contributed by atoms with Crippen LogP contribution < -0.4 is 5.32 Å². The van der Waals surface area contributed by atoms with Gasteiger partial charge in [0.25, 0.3) is 0 Å². The van der Waals surface area contributed by atoms with Crippen molar-refractivity contribution in [3.05, 3.63) is 0 Å². The normalized spacial score (nSPS) is 20.5. The van der Waals surface area contributed by atoms with Gasteiger partial charge in [-0.3, -0.25) is 0 Å². The number of aliphatic hydroxyl groups is 1. The largest absolute Gasteiger partial charge is 0.395 e. The Labute approximate surface area is 119 Å². The molecule has 2 N–H and O–H groups in total. The zero-order valence-electron chi connectivity index (χ0n) is 13.5. The zero-order chi connectivity index (χ0) is 14.4. The third-order valence-corrected chi connectivity index (χ3v) is 4.24. The second-order valence-electron chi connectivity index (χ2n) is 7.48. The fraction of sp³-hybridized carbons (Fsp3) is 1.00. The molecule has 1 saturated carbocycles. The Hall–Kier alpha value is -0.120. The average molecular weight is 270 g/mol. The minimum Gasteiger partial charge on any atom is -0.395 e. The van der Waals surface area contributed by atoms with E-state index < -0.39 is 0 Å². The second-order valence-corrected chi connectivity index (χ2v) is 7.48. The van der Waals surface area contributed by atoms with E-state index in [1.807, 2.05) is 0 Å². The molecule has 0 spiro atoms. The fourth-order valence-corrected chi connectivity index (χ4v) is 3.14. The first kappa shape index (κ1) is 16.9. The molecule has 3 nitrogen and oxygen atoms in total. The Balaban J connectivity index is 2.65. The van der Waals surface area contributed by atoms with Crippen LogP contribution in [0.2, 0.25) is 0 Å². The molecule has 0 unspecified atom stereocenters. The lowest BCUT2D eigenvalue weighted by molar-refractivity contribution is 0.120. The molecule has 0 aromatic heterocycles. The molecule has 0 atom stereocenters. The van der Waals surface area contributed by atoms with Crippen molar-refractivity contribution >= 4 is 0 Å². The predicted molar refractivity (Wildman–Crippen MR) is 82.5 cm³/mol. The SMILES string of the molecule is CN(CCO)CC1(CNC(C)(C)C)CCCCCC1. The van der Waals surface area contributed by atoms with E-state index in [1.165, 1.54) is 38.5 Å². The van der Waals surface area contributed by atoms with Crippen molar-refractivity contribution in [1.29, 1.82) is 0 Å². The van der Waals surface area contributed by atoms with E-state index in [4.69, 9.17) is 5.11 Å². The van der Waals surface area contributed by atoms with Crippen molar-refractivity contribution in [2.75, 3.05) is 33.3 Å². The standard InChI is InChI=1S/C16H34N2O/c1-15(2,3)17-13-16(14-18(4)11-12-19)9-7-5-6-8-10-16/h17,19H,5-14H2,1-4H3. The molecule has 1 aliphatic rings. The molecule has 114 valence electrons. The summed E-state index contributed by atoms with van der Waals surface area (Å²) in [5.74, 6) is 0. The first-order valence-electron chi connectivity index (χ1n) is 7.91. The van der Waals surface area contributed by atoms with E-state index in [0.29, 0.717) is 5.41 Å². The van der Waals surface area contributed by atoms with Crippen molar-refractivity contribution in [3.8, 4) is 0 Å². The van der Waals surface area contributed by atoms with Gasteiger partial charge in [0.2, 0.25) is 0 Å². The van der Waals surface area contributed by atoms with Crippen LogP contribution >= 0.6 is 0 Å². The summed E-state index contributed by atoms with van der Waals surface area (Å²) in [5, 5.41) is 12.8. The smallest absolute Gasteiger partial charge is 0.0558 e. The molecule has 0 bridgehead atoms. The highest BCUT2D eigenvalue weighted by Gasteiger charge is 2.32. The van der Waals surface area contributed by atoms with Crippen LogP contribution in [0.3, 0.4) is 0 Å². The summed E-state index contributed by atoms with van der Waals surface area (Å²) in [4.78, 5) is 2.30. The van der Waals surface area contributed by atoms with E-state index in [0.717, 1.165) is 19.6 Å². The lowest BCUT2D eigenvalue weighted by atomic mass is 9.79.